The van der Waals surface area contributed by atoms with E-state index in [1.807, 2.05) is 13.8 Å². The average molecular weight is 280 g/mol. The molecule has 2 rings (SSSR count). The Labute approximate surface area is 120 Å². The zero-order chi connectivity index (χ0) is 14.4. The minimum absolute atomic E-state index is 0.0378. The number of hydrogen-bond acceptors (Lipinski definition) is 6. The second kappa shape index (κ2) is 7.28. The predicted octanol–water partition coefficient (Wildman–Crippen LogP) is 2.07. The van der Waals surface area contributed by atoms with Gasteiger partial charge in [-0.15, -0.1) is 0 Å². The van der Waals surface area contributed by atoms with Crippen molar-refractivity contribution in [1.82, 2.24) is 9.97 Å². The molecule has 1 aliphatic carbocycles. The van der Waals surface area contributed by atoms with E-state index in [1.165, 1.54) is 19.2 Å². The Kier molecular flexibility index (Phi) is 5.40. The van der Waals surface area contributed by atoms with Gasteiger partial charge in [0.15, 0.2) is 5.82 Å². The van der Waals surface area contributed by atoms with Gasteiger partial charge in [-0.05, 0) is 39.0 Å². The number of nitrogens with zero attached hydrogens (tertiary/aromatic N) is 2. The number of anilines is 2. The number of nitrogen functional groups attached to an aromatic ring is 1. The van der Waals surface area contributed by atoms with E-state index in [0.717, 1.165) is 32.1 Å². The first kappa shape index (κ1) is 14.8. The molecule has 112 valence electrons. The Hall–Kier alpha value is -1.56. The summed E-state index contributed by atoms with van der Waals surface area (Å²) in [5, 5.41) is 3.19. The minimum atomic E-state index is 0.0378. The zero-order valence-electron chi connectivity index (χ0n) is 12.3. The molecule has 0 amide bonds. The summed E-state index contributed by atoms with van der Waals surface area (Å²) in [7, 11) is 0. The summed E-state index contributed by atoms with van der Waals surface area (Å²) < 4.78 is 11.1. The summed E-state index contributed by atoms with van der Waals surface area (Å²) in [4.78, 5) is 8.17. The zero-order valence-corrected chi connectivity index (χ0v) is 12.3. The highest BCUT2D eigenvalue weighted by molar-refractivity contribution is 5.66. The van der Waals surface area contributed by atoms with Gasteiger partial charge >= 0.3 is 0 Å². The van der Waals surface area contributed by atoms with Crippen molar-refractivity contribution < 1.29 is 9.47 Å². The smallest absolute Gasteiger partial charge is 0.242 e. The molecule has 20 heavy (non-hydrogen) atoms. The fourth-order valence-electron chi connectivity index (χ4n) is 1.75. The fraction of sp³-hybridized carbons (Fsp3) is 0.714. The maximum atomic E-state index is 5.98. The van der Waals surface area contributed by atoms with Gasteiger partial charge in [-0.25, -0.2) is 4.98 Å². The van der Waals surface area contributed by atoms with E-state index in [4.69, 9.17) is 15.2 Å². The SMILES string of the molecule is CC(C)Oc1ncnc(NCCCOCC2CC2)c1N. The first-order valence-electron chi connectivity index (χ1n) is 7.25. The van der Waals surface area contributed by atoms with Crippen LogP contribution in [-0.2, 0) is 4.74 Å². The van der Waals surface area contributed by atoms with Crippen molar-refractivity contribution in [1.29, 1.82) is 0 Å². The number of hydrogen-bond donors (Lipinski definition) is 2. The van der Waals surface area contributed by atoms with E-state index < -0.39 is 0 Å². The maximum absolute atomic E-state index is 5.98. The van der Waals surface area contributed by atoms with Gasteiger partial charge in [-0.3, -0.25) is 0 Å². The molecule has 0 unspecified atom stereocenters. The Morgan fingerprint density at radius 2 is 2.20 bits per heavy atom. The fourth-order valence-corrected chi connectivity index (χ4v) is 1.75. The second-order valence-corrected chi connectivity index (χ2v) is 5.41. The van der Waals surface area contributed by atoms with Crippen molar-refractivity contribution in [3.05, 3.63) is 6.33 Å². The summed E-state index contributed by atoms with van der Waals surface area (Å²) >= 11 is 0. The summed E-state index contributed by atoms with van der Waals surface area (Å²) in [6.45, 7) is 6.32. The van der Waals surface area contributed by atoms with Crippen molar-refractivity contribution >= 4 is 11.5 Å². The molecule has 0 radical (unpaired) electrons. The van der Waals surface area contributed by atoms with Crippen LogP contribution < -0.4 is 15.8 Å². The largest absolute Gasteiger partial charge is 0.473 e. The van der Waals surface area contributed by atoms with Crippen LogP contribution in [0, 0.1) is 5.92 Å². The number of nitrogens with one attached hydrogen (secondary N) is 1. The molecule has 1 aliphatic rings. The van der Waals surface area contributed by atoms with Crippen molar-refractivity contribution in [2.45, 2.75) is 39.2 Å². The first-order chi connectivity index (χ1) is 9.66. The molecule has 1 aromatic heterocycles. The van der Waals surface area contributed by atoms with Crippen LogP contribution in [0.4, 0.5) is 11.5 Å². The Morgan fingerprint density at radius 3 is 2.90 bits per heavy atom. The molecular weight excluding hydrogens is 256 g/mol. The van der Waals surface area contributed by atoms with Gasteiger partial charge in [0.1, 0.15) is 12.0 Å². The van der Waals surface area contributed by atoms with Crippen LogP contribution in [-0.4, -0.2) is 35.8 Å². The van der Waals surface area contributed by atoms with E-state index in [1.54, 1.807) is 0 Å². The van der Waals surface area contributed by atoms with Crippen molar-refractivity contribution in [2.75, 3.05) is 30.8 Å². The number of ether oxygens (including phenoxy) is 2. The molecular formula is C14H24N4O2. The van der Waals surface area contributed by atoms with E-state index >= 15 is 0 Å². The van der Waals surface area contributed by atoms with Gasteiger partial charge in [0, 0.05) is 19.8 Å². The van der Waals surface area contributed by atoms with Crippen molar-refractivity contribution in [3.63, 3.8) is 0 Å². The van der Waals surface area contributed by atoms with Gasteiger partial charge in [-0.1, -0.05) is 0 Å². The molecule has 0 aromatic carbocycles. The highest BCUT2D eigenvalue weighted by Gasteiger charge is 2.20. The van der Waals surface area contributed by atoms with Crippen LogP contribution in [0.25, 0.3) is 0 Å². The lowest BCUT2D eigenvalue weighted by molar-refractivity contribution is 0.124. The average Bonchev–Trinajstić information content (AvgIpc) is 3.21. The van der Waals surface area contributed by atoms with Gasteiger partial charge in [-0.2, -0.15) is 4.98 Å². The molecule has 3 N–H and O–H groups in total. The molecule has 1 heterocycles. The van der Waals surface area contributed by atoms with Gasteiger partial charge < -0.3 is 20.5 Å². The maximum Gasteiger partial charge on any atom is 0.242 e. The van der Waals surface area contributed by atoms with Crippen LogP contribution in [0.2, 0.25) is 0 Å². The molecule has 1 fully saturated rings. The molecule has 0 atom stereocenters. The highest BCUT2D eigenvalue weighted by atomic mass is 16.5. The second-order valence-electron chi connectivity index (χ2n) is 5.41. The van der Waals surface area contributed by atoms with Gasteiger partial charge in [0.2, 0.25) is 5.88 Å². The van der Waals surface area contributed by atoms with Gasteiger partial charge in [0.25, 0.3) is 0 Å². The third kappa shape index (κ3) is 4.85. The predicted molar refractivity (Wildman–Crippen MR) is 78.9 cm³/mol. The first-order valence-corrected chi connectivity index (χ1v) is 7.25. The Morgan fingerprint density at radius 1 is 1.40 bits per heavy atom. The van der Waals surface area contributed by atoms with Crippen LogP contribution >= 0.6 is 0 Å². The summed E-state index contributed by atoms with van der Waals surface area (Å²) in [6, 6.07) is 0. The standard InChI is InChI=1S/C14H24N4O2/c1-10(2)20-14-12(15)13(17-9-18-14)16-6-3-7-19-8-11-4-5-11/h9-11H,3-8,15H2,1-2H3,(H,16,17,18). The monoisotopic (exact) mass is 280 g/mol. The molecule has 1 aromatic rings. The Bertz CT molecular complexity index is 422. The lowest BCUT2D eigenvalue weighted by atomic mass is 10.4. The molecule has 0 bridgehead atoms. The molecule has 0 spiro atoms. The van der Waals surface area contributed by atoms with Crippen molar-refractivity contribution in [3.8, 4) is 5.88 Å². The van der Waals surface area contributed by atoms with Gasteiger partial charge in [0.05, 0.1) is 6.10 Å². The minimum Gasteiger partial charge on any atom is -0.473 e. The van der Waals surface area contributed by atoms with Crippen LogP contribution in [0.3, 0.4) is 0 Å². The van der Waals surface area contributed by atoms with Crippen LogP contribution in [0.15, 0.2) is 6.33 Å². The topological polar surface area (TPSA) is 82.3 Å². The van der Waals surface area contributed by atoms with E-state index in [2.05, 4.69) is 15.3 Å². The third-order valence-electron chi connectivity index (χ3n) is 3.00. The lowest BCUT2D eigenvalue weighted by Crippen LogP contribution is -2.13. The molecule has 6 nitrogen and oxygen atoms in total. The number of nitrogens with two attached hydrogens (primary N) is 1. The van der Waals surface area contributed by atoms with E-state index in [9.17, 15) is 0 Å². The quantitative estimate of drug-likeness (QED) is 0.674. The molecule has 0 aliphatic heterocycles. The summed E-state index contributed by atoms with van der Waals surface area (Å²) in [5.41, 5.74) is 6.44. The summed E-state index contributed by atoms with van der Waals surface area (Å²) in [6.07, 6.45) is 5.08. The van der Waals surface area contributed by atoms with Crippen molar-refractivity contribution in [2.24, 2.45) is 5.92 Å². The van der Waals surface area contributed by atoms with E-state index in [-0.39, 0.29) is 6.10 Å². The highest BCUT2D eigenvalue weighted by Crippen LogP contribution is 2.28. The third-order valence-corrected chi connectivity index (χ3v) is 3.00. The van der Waals surface area contributed by atoms with Crippen LogP contribution in [0.5, 0.6) is 5.88 Å². The molecule has 0 saturated heterocycles. The normalized spacial score (nSPS) is 14.6. The van der Waals surface area contributed by atoms with E-state index in [0.29, 0.717) is 17.4 Å². The molecule has 1 saturated carbocycles. The number of aromatic nitrogens is 2. The van der Waals surface area contributed by atoms with Crippen LogP contribution in [0.1, 0.15) is 33.1 Å². The molecule has 6 heteroatoms. The number of rotatable bonds is 9. The summed E-state index contributed by atoms with van der Waals surface area (Å²) in [5.74, 6) is 1.87. The lowest BCUT2D eigenvalue weighted by Gasteiger charge is -2.13. The Balaban J connectivity index is 1.71.